The number of rotatable bonds is 3. The van der Waals surface area contributed by atoms with Gasteiger partial charge in [-0.1, -0.05) is 43.5 Å². The lowest BCUT2D eigenvalue weighted by Gasteiger charge is -2.22. The Kier molecular flexibility index (Phi) is 4.83. The number of fused-ring (bicyclic) bond motifs is 1. The number of anilines is 1. The van der Waals surface area contributed by atoms with E-state index in [1.54, 1.807) is 12.1 Å². The lowest BCUT2D eigenvalue weighted by atomic mass is 9.88. The van der Waals surface area contributed by atoms with Crippen molar-refractivity contribution < 1.29 is 13.2 Å². The number of hydrogen-bond donors (Lipinski definition) is 1. The third-order valence-corrected chi connectivity index (χ3v) is 6.10. The van der Waals surface area contributed by atoms with Crippen LogP contribution in [0.15, 0.2) is 35.2 Å². The highest BCUT2D eigenvalue weighted by atomic mass is 35.7. The van der Waals surface area contributed by atoms with Gasteiger partial charge in [0, 0.05) is 27.4 Å². The van der Waals surface area contributed by atoms with Crippen molar-refractivity contribution in [1.82, 2.24) is 0 Å². The van der Waals surface area contributed by atoms with Crippen LogP contribution in [-0.2, 0) is 13.8 Å². The van der Waals surface area contributed by atoms with Crippen LogP contribution in [0.2, 0.25) is 0 Å². The number of carbonyl (C=O) groups is 1. The van der Waals surface area contributed by atoms with E-state index in [1.165, 1.54) is 12.5 Å². The van der Waals surface area contributed by atoms with Gasteiger partial charge in [0.25, 0.3) is 9.05 Å². The van der Waals surface area contributed by atoms with Crippen LogP contribution in [-0.4, -0.2) is 14.3 Å². The van der Waals surface area contributed by atoms with Crippen LogP contribution in [0.1, 0.15) is 37.7 Å². The molecule has 1 amide bonds. The number of carbonyl (C=O) groups excluding carboxylic acids is 1. The molecule has 0 unspecified atom stereocenters. The first-order valence-electron chi connectivity index (χ1n) is 8.16. The second kappa shape index (κ2) is 6.73. The van der Waals surface area contributed by atoms with Gasteiger partial charge in [-0.05, 0) is 31.4 Å². The number of nitrogens with one attached hydrogen (secondary N) is 1. The van der Waals surface area contributed by atoms with E-state index < -0.39 is 9.05 Å². The minimum atomic E-state index is -3.85. The summed E-state index contributed by atoms with van der Waals surface area (Å²) in [4.78, 5) is 12.7. The molecule has 0 aromatic heterocycles. The Balaban J connectivity index is 2.04. The van der Waals surface area contributed by atoms with Crippen LogP contribution in [0.4, 0.5) is 5.69 Å². The molecular formula is C18H20ClNO3S. The molecule has 1 N–H and O–H groups in total. The van der Waals surface area contributed by atoms with Gasteiger partial charge in [-0.25, -0.2) is 8.42 Å². The molecule has 128 valence electrons. The first kappa shape index (κ1) is 17.2. The third kappa shape index (κ3) is 3.42. The van der Waals surface area contributed by atoms with Crippen molar-refractivity contribution in [1.29, 1.82) is 0 Å². The predicted octanol–water partition coefficient (Wildman–Crippen LogP) is 4.59. The SMILES string of the molecule is Cc1ccc2c(S(=O)(=O)Cl)cccc2c1NC(=O)C1CCCCC1. The van der Waals surface area contributed by atoms with Crippen molar-refractivity contribution in [2.45, 2.75) is 43.9 Å². The van der Waals surface area contributed by atoms with Gasteiger partial charge in [-0.3, -0.25) is 4.79 Å². The second-order valence-corrected chi connectivity index (χ2v) is 8.91. The molecule has 2 aromatic rings. The standard InChI is InChI=1S/C18H20ClNO3S/c1-12-10-11-14-15(8-5-9-16(14)24(19,22)23)17(12)20-18(21)13-6-3-2-4-7-13/h5,8-11,13H,2-4,6-7H2,1H3,(H,20,21). The fourth-order valence-electron chi connectivity index (χ4n) is 3.41. The Labute approximate surface area is 146 Å². The Morgan fingerprint density at radius 2 is 1.79 bits per heavy atom. The van der Waals surface area contributed by atoms with E-state index in [-0.39, 0.29) is 16.7 Å². The molecule has 0 heterocycles. The molecule has 1 saturated carbocycles. The van der Waals surface area contributed by atoms with Gasteiger partial charge >= 0.3 is 0 Å². The topological polar surface area (TPSA) is 63.2 Å². The Morgan fingerprint density at radius 3 is 2.46 bits per heavy atom. The first-order valence-corrected chi connectivity index (χ1v) is 10.5. The molecule has 0 spiro atoms. The highest BCUT2D eigenvalue weighted by Crippen LogP contribution is 2.34. The van der Waals surface area contributed by atoms with Crippen molar-refractivity contribution >= 4 is 42.1 Å². The normalized spacial score (nSPS) is 16.2. The number of halogens is 1. The van der Waals surface area contributed by atoms with Gasteiger partial charge in [-0.2, -0.15) is 0 Å². The summed E-state index contributed by atoms with van der Waals surface area (Å²) in [6.45, 7) is 1.90. The second-order valence-electron chi connectivity index (χ2n) is 6.37. The van der Waals surface area contributed by atoms with E-state index in [2.05, 4.69) is 5.32 Å². The molecule has 2 aromatic carbocycles. The van der Waals surface area contributed by atoms with Crippen LogP contribution in [0.25, 0.3) is 10.8 Å². The summed E-state index contributed by atoms with van der Waals surface area (Å²) in [6, 6.07) is 8.48. The highest BCUT2D eigenvalue weighted by Gasteiger charge is 2.23. The zero-order chi connectivity index (χ0) is 17.3. The van der Waals surface area contributed by atoms with Crippen molar-refractivity contribution in [2.24, 2.45) is 5.92 Å². The average molecular weight is 366 g/mol. The summed E-state index contributed by atoms with van der Waals surface area (Å²) < 4.78 is 23.6. The zero-order valence-corrected chi connectivity index (χ0v) is 15.1. The van der Waals surface area contributed by atoms with Gasteiger partial charge in [0.05, 0.1) is 10.6 Å². The molecule has 0 bridgehead atoms. The number of hydrogen-bond acceptors (Lipinski definition) is 3. The van der Waals surface area contributed by atoms with Crippen LogP contribution in [0.3, 0.4) is 0 Å². The van der Waals surface area contributed by atoms with Gasteiger partial charge < -0.3 is 5.32 Å². The summed E-state index contributed by atoms with van der Waals surface area (Å²) in [5, 5.41) is 4.25. The molecule has 1 aliphatic carbocycles. The Hall–Kier alpha value is -1.59. The maximum atomic E-state index is 12.6. The molecule has 4 nitrogen and oxygen atoms in total. The number of amides is 1. The Morgan fingerprint density at radius 1 is 1.08 bits per heavy atom. The maximum absolute atomic E-state index is 12.6. The molecule has 24 heavy (non-hydrogen) atoms. The molecule has 0 saturated heterocycles. The maximum Gasteiger partial charge on any atom is 0.261 e. The van der Waals surface area contributed by atoms with E-state index >= 15 is 0 Å². The summed E-state index contributed by atoms with van der Waals surface area (Å²) in [7, 11) is 1.69. The van der Waals surface area contributed by atoms with Crippen LogP contribution >= 0.6 is 10.7 Å². The summed E-state index contributed by atoms with van der Waals surface area (Å²) in [6.07, 6.45) is 5.18. The molecule has 3 rings (SSSR count). The quantitative estimate of drug-likeness (QED) is 0.809. The molecule has 0 radical (unpaired) electrons. The predicted molar refractivity (Wildman–Crippen MR) is 96.9 cm³/mol. The molecule has 1 aliphatic rings. The van der Waals surface area contributed by atoms with E-state index in [0.717, 1.165) is 31.2 Å². The molecule has 6 heteroatoms. The first-order chi connectivity index (χ1) is 11.4. The zero-order valence-electron chi connectivity index (χ0n) is 13.5. The smallest absolute Gasteiger partial charge is 0.261 e. The molecule has 0 aliphatic heterocycles. The van der Waals surface area contributed by atoms with E-state index in [4.69, 9.17) is 10.7 Å². The largest absolute Gasteiger partial charge is 0.325 e. The van der Waals surface area contributed by atoms with Crippen molar-refractivity contribution in [3.8, 4) is 0 Å². The van der Waals surface area contributed by atoms with E-state index in [0.29, 0.717) is 16.5 Å². The van der Waals surface area contributed by atoms with Crippen molar-refractivity contribution in [3.63, 3.8) is 0 Å². The van der Waals surface area contributed by atoms with Crippen molar-refractivity contribution in [2.75, 3.05) is 5.32 Å². The summed E-state index contributed by atoms with van der Waals surface area (Å²) in [5.74, 6) is 0.0535. The average Bonchev–Trinajstić information content (AvgIpc) is 2.56. The monoisotopic (exact) mass is 365 g/mol. The van der Waals surface area contributed by atoms with Gasteiger partial charge in [-0.15, -0.1) is 0 Å². The summed E-state index contributed by atoms with van der Waals surface area (Å²) in [5.41, 5.74) is 1.57. The van der Waals surface area contributed by atoms with E-state index in [1.807, 2.05) is 19.1 Å². The number of aryl methyl sites for hydroxylation is 1. The van der Waals surface area contributed by atoms with Gasteiger partial charge in [0.2, 0.25) is 5.91 Å². The Bertz CT molecular complexity index is 887. The fourth-order valence-corrected chi connectivity index (χ4v) is 4.49. The molecule has 1 fully saturated rings. The third-order valence-electron chi connectivity index (χ3n) is 4.72. The molecular weight excluding hydrogens is 346 g/mol. The van der Waals surface area contributed by atoms with Crippen LogP contribution in [0, 0.1) is 12.8 Å². The molecule has 0 atom stereocenters. The van der Waals surface area contributed by atoms with Crippen molar-refractivity contribution in [3.05, 3.63) is 35.9 Å². The van der Waals surface area contributed by atoms with Crippen LogP contribution in [0.5, 0.6) is 0 Å². The van der Waals surface area contributed by atoms with Crippen LogP contribution < -0.4 is 5.32 Å². The van der Waals surface area contributed by atoms with Gasteiger partial charge in [0.1, 0.15) is 0 Å². The fraction of sp³-hybridized carbons (Fsp3) is 0.389. The highest BCUT2D eigenvalue weighted by molar-refractivity contribution is 8.14. The van der Waals surface area contributed by atoms with E-state index in [9.17, 15) is 13.2 Å². The minimum absolute atomic E-state index is 0.0180. The lowest BCUT2D eigenvalue weighted by molar-refractivity contribution is -0.120. The minimum Gasteiger partial charge on any atom is -0.325 e. The summed E-state index contributed by atoms with van der Waals surface area (Å²) >= 11 is 0. The lowest BCUT2D eigenvalue weighted by Crippen LogP contribution is -2.25. The number of benzene rings is 2. The van der Waals surface area contributed by atoms with Gasteiger partial charge in [0.15, 0.2) is 0 Å².